The SMILES string of the molecule is C/C(O)=C(\C=N\C(N)=S)C(=O)Nc1ccccc1. The molecule has 0 aliphatic carbocycles. The second-order valence-electron chi connectivity index (χ2n) is 3.42. The van der Waals surface area contributed by atoms with Crippen molar-refractivity contribution in [2.75, 3.05) is 5.32 Å². The molecule has 0 aliphatic heterocycles. The van der Waals surface area contributed by atoms with Crippen LogP contribution in [0.25, 0.3) is 0 Å². The van der Waals surface area contributed by atoms with Crippen LogP contribution < -0.4 is 11.1 Å². The Morgan fingerprint density at radius 1 is 1.44 bits per heavy atom. The van der Waals surface area contributed by atoms with E-state index >= 15 is 0 Å². The molecule has 0 aliphatic rings. The number of para-hydroxylation sites is 1. The van der Waals surface area contributed by atoms with Crippen LogP contribution in [0.4, 0.5) is 5.69 Å². The van der Waals surface area contributed by atoms with Gasteiger partial charge in [0.05, 0.1) is 5.57 Å². The van der Waals surface area contributed by atoms with Crippen molar-refractivity contribution in [3.05, 3.63) is 41.7 Å². The third-order valence-corrected chi connectivity index (χ3v) is 2.09. The molecule has 0 saturated carbocycles. The quantitative estimate of drug-likeness (QED) is 0.336. The number of aliphatic hydroxyl groups excluding tert-OH is 1. The number of anilines is 1. The van der Waals surface area contributed by atoms with Crippen LogP contribution in [-0.2, 0) is 4.79 Å². The summed E-state index contributed by atoms with van der Waals surface area (Å²) >= 11 is 4.56. The molecule has 5 nitrogen and oxygen atoms in total. The number of benzene rings is 1. The van der Waals surface area contributed by atoms with Crippen LogP contribution >= 0.6 is 12.2 Å². The highest BCUT2D eigenvalue weighted by Gasteiger charge is 2.11. The lowest BCUT2D eigenvalue weighted by Gasteiger charge is -2.06. The second-order valence-corrected chi connectivity index (χ2v) is 3.83. The molecule has 0 saturated heterocycles. The number of amides is 1. The molecule has 1 aromatic carbocycles. The van der Waals surface area contributed by atoms with Gasteiger partial charge in [0, 0.05) is 11.9 Å². The summed E-state index contributed by atoms with van der Waals surface area (Å²) < 4.78 is 0. The third-order valence-electron chi connectivity index (χ3n) is 1.99. The summed E-state index contributed by atoms with van der Waals surface area (Å²) in [6, 6.07) is 8.86. The first-order valence-electron chi connectivity index (χ1n) is 5.10. The molecule has 0 spiro atoms. The van der Waals surface area contributed by atoms with Gasteiger partial charge in [-0.2, -0.15) is 0 Å². The maximum Gasteiger partial charge on any atom is 0.260 e. The largest absolute Gasteiger partial charge is 0.512 e. The normalized spacial score (nSPS) is 12.1. The van der Waals surface area contributed by atoms with E-state index < -0.39 is 5.91 Å². The number of carbonyl (C=O) groups excluding carboxylic acids is 1. The number of allylic oxidation sites excluding steroid dienone is 1. The Labute approximate surface area is 110 Å². The van der Waals surface area contributed by atoms with E-state index in [-0.39, 0.29) is 16.4 Å². The standard InChI is InChI=1S/C12H13N3O2S/c1-8(16)10(7-14-12(13)18)11(17)15-9-5-3-2-4-6-9/h2-7,16H,1H3,(H2,13,18)(H,15,17)/b10-8-,14-7+. The van der Waals surface area contributed by atoms with Crippen molar-refractivity contribution < 1.29 is 9.90 Å². The van der Waals surface area contributed by atoms with Gasteiger partial charge in [-0.15, -0.1) is 0 Å². The molecule has 6 heteroatoms. The lowest BCUT2D eigenvalue weighted by Crippen LogP contribution is -2.17. The molecule has 0 heterocycles. The Hall–Kier alpha value is -2.21. The van der Waals surface area contributed by atoms with E-state index in [2.05, 4.69) is 22.5 Å². The summed E-state index contributed by atoms with van der Waals surface area (Å²) in [4.78, 5) is 15.5. The first-order chi connectivity index (χ1) is 8.50. The van der Waals surface area contributed by atoms with Crippen molar-refractivity contribution in [3.8, 4) is 0 Å². The van der Waals surface area contributed by atoms with Crippen molar-refractivity contribution in [3.63, 3.8) is 0 Å². The molecule has 0 atom stereocenters. The van der Waals surface area contributed by atoms with Crippen LogP contribution in [0.5, 0.6) is 0 Å². The zero-order valence-electron chi connectivity index (χ0n) is 9.75. The van der Waals surface area contributed by atoms with E-state index in [1.54, 1.807) is 24.3 Å². The van der Waals surface area contributed by atoms with Crippen LogP contribution in [0.3, 0.4) is 0 Å². The lowest BCUT2D eigenvalue weighted by molar-refractivity contribution is -0.112. The molecule has 0 fully saturated rings. The number of thiocarbonyl (C=S) groups is 1. The Kier molecular flexibility index (Phi) is 5.01. The highest BCUT2D eigenvalue weighted by Crippen LogP contribution is 2.08. The van der Waals surface area contributed by atoms with Gasteiger partial charge in [-0.3, -0.25) is 4.79 Å². The minimum absolute atomic E-state index is 0.00616. The highest BCUT2D eigenvalue weighted by molar-refractivity contribution is 7.80. The van der Waals surface area contributed by atoms with Crippen LogP contribution in [0.2, 0.25) is 0 Å². The van der Waals surface area contributed by atoms with Crippen LogP contribution in [0.15, 0.2) is 46.7 Å². The number of nitrogens with one attached hydrogen (secondary N) is 1. The molecule has 18 heavy (non-hydrogen) atoms. The average molecular weight is 263 g/mol. The van der Waals surface area contributed by atoms with Crippen molar-refractivity contribution >= 4 is 35.1 Å². The van der Waals surface area contributed by atoms with Gasteiger partial charge in [0.25, 0.3) is 5.91 Å². The molecular weight excluding hydrogens is 250 g/mol. The van der Waals surface area contributed by atoms with E-state index in [0.717, 1.165) is 6.21 Å². The van der Waals surface area contributed by atoms with Crippen molar-refractivity contribution in [2.24, 2.45) is 10.7 Å². The fourth-order valence-corrected chi connectivity index (χ4v) is 1.22. The summed E-state index contributed by atoms with van der Waals surface area (Å²) in [7, 11) is 0. The molecular formula is C12H13N3O2S. The Bertz CT molecular complexity index is 505. The zero-order valence-corrected chi connectivity index (χ0v) is 10.6. The molecule has 0 bridgehead atoms. The van der Waals surface area contributed by atoms with Gasteiger partial charge in [-0.25, -0.2) is 4.99 Å². The molecule has 4 N–H and O–H groups in total. The minimum atomic E-state index is -0.485. The molecule has 0 unspecified atom stereocenters. The van der Waals surface area contributed by atoms with Gasteiger partial charge >= 0.3 is 0 Å². The van der Waals surface area contributed by atoms with Crippen molar-refractivity contribution in [2.45, 2.75) is 6.92 Å². The predicted octanol–water partition coefficient (Wildman–Crippen LogP) is 1.77. The van der Waals surface area contributed by atoms with Gasteiger partial charge < -0.3 is 16.2 Å². The smallest absolute Gasteiger partial charge is 0.260 e. The maximum absolute atomic E-state index is 11.9. The fourth-order valence-electron chi connectivity index (χ4n) is 1.16. The first-order valence-corrected chi connectivity index (χ1v) is 5.51. The highest BCUT2D eigenvalue weighted by atomic mass is 32.1. The lowest BCUT2D eigenvalue weighted by atomic mass is 10.2. The summed E-state index contributed by atoms with van der Waals surface area (Å²) in [5, 5.41) is 11.9. The van der Waals surface area contributed by atoms with E-state index in [1.165, 1.54) is 6.92 Å². The van der Waals surface area contributed by atoms with Crippen molar-refractivity contribution in [1.82, 2.24) is 0 Å². The topological polar surface area (TPSA) is 87.7 Å². The van der Waals surface area contributed by atoms with Crippen LogP contribution in [0, 0.1) is 0 Å². The van der Waals surface area contributed by atoms with Crippen molar-refractivity contribution in [1.29, 1.82) is 0 Å². The molecule has 0 aromatic heterocycles. The van der Waals surface area contributed by atoms with E-state index in [4.69, 9.17) is 5.73 Å². The summed E-state index contributed by atoms with van der Waals surface area (Å²) in [5.74, 6) is -0.648. The maximum atomic E-state index is 11.9. The predicted molar refractivity (Wildman–Crippen MR) is 75.7 cm³/mol. The third kappa shape index (κ3) is 4.34. The summed E-state index contributed by atoms with van der Waals surface area (Å²) in [6.07, 6.45) is 1.13. The number of carbonyl (C=O) groups is 1. The Morgan fingerprint density at radius 3 is 2.56 bits per heavy atom. The van der Waals surface area contributed by atoms with Gasteiger partial charge in [0.1, 0.15) is 5.76 Å². The molecule has 94 valence electrons. The molecule has 1 amide bonds. The van der Waals surface area contributed by atoms with E-state index in [1.807, 2.05) is 6.07 Å². The Morgan fingerprint density at radius 2 is 2.06 bits per heavy atom. The van der Waals surface area contributed by atoms with Gasteiger partial charge in [-0.1, -0.05) is 18.2 Å². The number of nitrogens with two attached hydrogens (primary N) is 1. The van der Waals surface area contributed by atoms with Crippen LogP contribution in [0.1, 0.15) is 6.92 Å². The number of aliphatic imine (C=N–C) groups is 1. The minimum Gasteiger partial charge on any atom is -0.512 e. The summed E-state index contributed by atoms with van der Waals surface area (Å²) in [5.41, 5.74) is 5.81. The first kappa shape index (κ1) is 13.9. The van der Waals surface area contributed by atoms with E-state index in [0.29, 0.717) is 5.69 Å². The summed E-state index contributed by atoms with van der Waals surface area (Å²) in [6.45, 7) is 1.38. The number of aliphatic hydroxyl groups is 1. The van der Waals surface area contributed by atoms with Gasteiger partial charge in [-0.05, 0) is 31.3 Å². The molecule has 1 rings (SSSR count). The number of nitrogens with zero attached hydrogens (tertiary/aromatic N) is 1. The van der Waals surface area contributed by atoms with Gasteiger partial charge in [0.15, 0.2) is 5.11 Å². The van der Waals surface area contributed by atoms with Crippen LogP contribution in [-0.4, -0.2) is 22.3 Å². The zero-order chi connectivity index (χ0) is 13.5. The number of hydrogen-bond acceptors (Lipinski definition) is 3. The Balaban J connectivity index is 2.86. The average Bonchev–Trinajstić information content (AvgIpc) is 2.29. The number of hydrogen-bond donors (Lipinski definition) is 3. The molecule has 1 aromatic rings. The van der Waals surface area contributed by atoms with E-state index in [9.17, 15) is 9.90 Å². The second kappa shape index (κ2) is 6.51. The molecule has 0 radical (unpaired) electrons. The number of rotatable bonds is 3. The fraction of sp³-hybridized carbons (Fsp3) is 0.0833. The van der Waals surface area contributed by atoms with Gasteiger partial charge in [0.2, 0.25) is 0 Å². The monoisotopic (exact) mass is 263 g/mol.